The van der Waals surface area contributed by atoms with Gasteiger partial charge in [0.1, 0.15) is 5.82 Å². The van der Waals surface area contributed by atoms with Gasteiger partial charge in [-0.1, -0.05) is 35.9 Å². The molecule has 0 aromatic heterocycles. The third kappa shape index (κ3) is 2.99. The number of ether oxygens (including phenoxy) is 1. The molecular weight excluding hydrogens is 291 g/mol. The average molecular weight is 305 g/mol. The van der Waals surface area contributed by atoms with Crippen molar-refractivity contribution in [3.05, 3.63) is 70.0 Å². The van der Waals surface area contributed by atoms with Gasteiger partial charge in [0.2, 0.25) is 0 Å². The maximum Gasteiger partial charge on any atom is 0.167 e. The summed E-state index contributed by atoms with van der Waals surface area (Å²) in [6.07, 6.45) is 0.809. The third-order valence-corrected chi connectivity index (χ3v) is 4.01. The molecule has 0 fully saturated rings. The van der Waals surface area contributed by atoms with Crippen LogP contribution in [0.2, 0.25) is 5.02 Å². The molecule has 0 N–H and O–H groups in total. The van der Waals surface area contributed by atoms with Crippen LogP contribution < -0.4 is 0 Å². The van der Waals surface area contributed by atoms with Crippen LogP contribution >= 0.6 is 11.6 Å². The van der Waals surface area contributed by atoms with E-state index in [4.69, 9.17) is 16.3 Å². The summed E-state index contributed by atoms with van der Waals surface area (Å²) in [4.78, 5) is 12.4. The van der Waals surface area contributed by atoms with Gasteiger partial charge >= 0.3 is 0 Å². The molecule has 1 heterocycles. The minimum atomic E-state index is -0.448. The van der Waals surface area contributed by atoms with Gasteiger partial charge in [0.15, 0.2) is 5.78 Å². The van der Waals surface area contributed by atoms with E-state index in [-0.39, 0.29) is 23.3 Å². The molecule has 21 heavy (non-hydrogen) atoms. The number of Topliss-reactive ketones (excluding diaryl/α,β-unsaturated/α-hetero) is 1. The molecule has 2 aromatic rings. The monoisotopic (exact) mass is 304 g/mol. The second-order valence-electron chi connectivity index (χ2n) is 5.06. The molecule has 2 nitrogen and oxygen atoms in total. The first-order valence-corrected chi connectivity index (χ1v) is 7.20. The van der Waals surface area contributed by atoms with E-state index in [9.17, 15) is 9.18 Å². The number of fused-ring (bicyclic) bond motifs is 1. The molecule has 0 saturated carbocycles. The average Bonchev–Trinajstić information content (AvgIpc) is 2.47. The van der Waals surface area contributed by atoms with Gasteiger partial charge in [-0.2, -0.15) is 0 Å². The fraction of sp³-hybridized carbons (Fsp3) is 0.235. The van der Waals surface area contributed by atoms with Gasteiger partial charge in [-0.15, -0.1) is 0 Å². The largest absolute Gasteiger partial charge is 0.373 e. The molecule has 0 spiro atoms. The topological polar surface area (TPSA) is 26.3 Å². The smallest absolute Gasteiger partial charge is 0.167 e. The second-order valence-corrected chi connectivity index (χ2v) is 5.47. The second kappa shape index (κ2) is 5.96. The van der Waals surface area contributed by atoms with Crippen molar-refractivity contribution >= 4 is 17.4 Å². The number of rotatable bonds is 3. The van der Waals surface area contributed by atoms with E-state index >= 15 is 0 Å². The van der Waals surface area contributed by atoms with Crippen LogP contribution in [-0.2, 0) is 11.2 Å². The van der Waals surface area contributed by atoms with E-state index in [1.165, 1.54) is 17.7 Å². The fourth-order valence-corrected chi connectivity index (χ4v) is 2.91. The van der Waals surface area contributed by atoms with E-state index in [0.717, 1.165) is 18.1 Å². The molecule has 1 unspecified atom stereocenters. The lowest BCUT2D eigenvalue weighted by atomic mass is 9.93. The van der Waals surface area contributed by atoms with Crippen molar-refractivity contribution in [2.24, 2.45) is 0 Å². The zero-order chi connectivity index (χ0) is 14.8. The number of carbonyl (C=O) groups is 1. The molecule has 1 atom stereocenters. The maximum absolute atomic E-state index is 13.0. The Hall–Kier alpha value is -1.71. The van der Waals surface area contributed by atoms with Crippen molar-refractivity contribution in [1.29, 1.82) is 0 Å². The molecule has 0 radical (unpaired) electrons. The molecule has 4 heteroatoms. The van der Waals surface area contributed by atoms with Crippen LogP contribution in [0.3, 0.4) is 0 Å². The summed E-state index contributed by atoms with van der Waals surface area (Å²) < 4.78 is 18.8. The summed E-state index contributed by atoms with van der Waals surface area (Å²) in [5.74, 6) is -0.586. The zero-order valence-corrected chi connectivity index (χ0v) is 12.1. The van der Waals surface area contributed by atoms with Gasteiger partial charge in [0.05, 0.1) is 17.7 Å². The third-order valence-electron chi connectivity index (χ3n) is 3.69. The van der Waals surface area contributed by atoms with Crippen molar-refractivity contribution in [3.8, 4) is 0 Å². The van der Waals surface area contributed by atoms with Crippen LogP contribution in [0.4, 0.5) is 4.39 Å². The molecule has 0 amide bonds. The van der Waals surface area contributed by atoms with Gasteiger partial charge in [-0.05, 0) is 35.7 Å². The first-order valence-electron chi connectivity index (χ1n) is 6.83. The van der Waals surface area contributed by atoms with Gasteiger partial charge in [0, 0.05) is 12.0 Å². The first-order chi connectivity index (χ1) is 10.1. The highest BCUT2D eigenvalue weighted by molar-refractivity contribution is 6.34. The highest BCUT2D eigenvalue weighted by Crippen LogP contribution is 2.31. The van der Waals surface area contributed by atoms with Gasteiger partial charge in [-0.3, -0.25) is 4.79 Å². The van der Waals surface area contributed by atoms with E-state index in [1.54, 1.807) is 0 Å². The highest BCUT2D eigenvalue weighted by Gasteiger charge is 2.24. The molecular formula is C17H14ClFO2. The summed E-state index contributed by atoms with van der Waals surface area (Å²) in [5, 5.41) is 0.143. The summed E-state index contributed by atoms with van der Waals surface area (Å²) in [5.41, 5.74) is 2.60. The number of hydrogen-bond donors (Lipinski definition) is 0. The number of halogens is 2. The van der Waals surface area contributed by atoms with Crippen molar-refractivity contribution in [2.45, 2.75) is 18.9 Å². The summed E-state index contributed by atoms with van der Waals surface area (Å²) >= 11 is 5.94. The Morgan fingerprint density at radius 2 is 2.10 bits per heavy atom. The standard InChI is InChI=1S/C17H14ClFO2/c18-15-9-12(19)5-6-14(15)16(20)10-17-13-4-2-1-3-11(13)7-8-21-17/h1-6,9,17H,7-8,10H2. The summed E-state index contributed by atoms with van der Waals surface area (Å²) in [6.45, 7) is 0.603. The highest BCUT2D eigenvalue weighted by atomic mass is 35.5. The van der Waals surface area contributed by atoms with E-state index < -0.39 is 5.82 Å². The van der Waals surface area contributed by atoms with E-state index in [1.807, 2.05) is 18.2 Å². The van der Waals surface area contributed by atoms with Crippen LogP contribution in [0.25, 0.3) is 0 Å². The Morgan fingerprint density at radius 3 is 2.90 bits per heavy atom. The normalized spacial score (nSPS) is 17.3. The molecule has 1 aliphatic rings. The van der Waals surface area contributed by atoms with Crippen LogP contribution in [0.5, 0.6) is 0 Å². The molecule has 3 rings (SSSR count). The van der Waals surface area contributed by atoms with Crippen molar-refractivity contribution in [3.63, 3.8) is 0 Å². The van der Waals surface area contributed by atoms with Crippen molar-refractivity contribution < 1.29 is 13.9 Å². The van der Waals surface area contributed by atoms with E-state index in [0.29, 0.717) is 12.2 Å². The van der Waals surface area contributed by atoms with Crippen LogP contribution in [0, 0.1) is 5.82 Å². The van der Waals surface area contributed by atoms with Crippen LogP contribution in [-0.4, -0.2) is 12.4 Å². The Bertz CT molecular complexity index is 684. The number of carbonyl (C=O) groups excluding carboxylic acids is 1. The molecule has 2 aromatic carbocycles. The lowest BCUT2D eigenvalue weighted by molar-refractivity contribution is 0.0352. The van der Waals surface area contributed by atoms with Crippen molar-refractivity contribution in [1.82, 2.24) is 0 Å². The predicted molar refractivity (Wildman–Crippen MR) is 79.2 cm³/mol. The number of ketones is 1. The molecule has 0 aliphatic carbocycles. The Labute approximate surface area is 127 Å². The molecule has 1 aliphatic heterocycles. The molecule has 108 valence electrons. The van der Waals surface area contributed by atoms with Gasteiger partial charge < -0.3 is 4.74 Å². The molecule has 0 bridgehead atoms. The minimum Gasteiger partial charge on any atom is -0.373 e. The van der Waals surface area contributed by atoms with Gasteiger partial charge in [0.25, 0.3) is 0 Å². The number of benzene rings is 2. The summed E-state index contributed by atoms with van der Waals surface area (Å²) in [7, 11) is 0. The molecule has 0 saturated heterocycles. The lowest BCUT2D eigenvalue weighted by Gasteiger charge is -2.25. The van der Waals surface area contributed by atoms with E-state index in [2.05, 4.69) is 6.07 Å². The van der Waals surface area contributed by atoms with Crippen molar-refractivity contribution in [2.75, 3.05) is 6.61 Å². The predicted octanol–water partition coefficient (Wildman–Crippen LogP) is 4.37. The lowest BCUT2D eigenvalue weighted by Crippen LogP contribution is -2.19. The van der Waals surface area contributed by atoms with Gasteiger partial charge in [-0.25, -0.2) is 4.39 Å². The Morgan fingerprint density at radius 1 is 1.29 bits per heavy atom. The van der Waals surface area contributed by atoms with Crippen LogP contribution in [0.1, 0.15) is 34.0 Å². The first kappa shape index (κ1) is 14.2. The Kier molecular flexibility index (Phi) is 4.04. The SMILES string of the molecule is O=C(CC1OCCc2ccccc21)c1ccc(F)cc1Cl. The fourth-order valence-electron chi connectivity index (χ4n) is 2.64. The summed E-state index contributed by atoms with van der Waals surface area (Å²) in [6, 6.07) is 11.8. The Balaban J connectivity index is 1.83. The quantitative estimate of drug-likeness (QED) is 0.787. The maximum atomic E-state index is 13.0. The minimum absolute atomic E-state index is 0.137. The number of hydrogen-bond acceptors (Lipinski definition) is 2. The zero-order valence-electron chi connectivity index (χ0n) is 11.3. The van der Waals surface area contributed by atoms with Crippen LogP contribution in [0.15, 0.2) is 42.5 Å².